The van der Waals surface area contributed by atoms with Gasteiger partial charge in [0.05, 0.1) is 29.2 Å². The molecule has 1 aliphatic carbocycles. The number of benzene rings is 1. The van der Waals surface area contributed by atoms with Gasteiger partial charge in [0.25, 0.3) is 0 Å². The van der Waals surface area contributed by atoms with Crippen molar-refractivity contribution in [1.82, 2.24) is 0 Å². The van der Waals surface area contributed by atoms with Gasteiger partial charge in [0.2, 0.25) is 0 Å². The zero-order valence-corrected chi connectivity index (χ0v) is 10.7. The molecule has 104 valence electrons. The summed E-state index contributed by atoms with van der Waals surface area (Å²) < 4.78 is 38.8. The molecule has 0 aromatic heterocycles. The maximum absolute atomic E-state index is 12.9. The summed E-state index contributed by atoms with van der Waals surface area (Å²) in [6.45, 7) is 0. The molecule has 1 aliphatic rings. The maximum Gasteiger partial charge on any atom is 0.417 e. The highest BCUT2D eigenvalue weighted by Gasteiger charge is 2.35. The van der Waals surface area contributed by atoms with Gasteiger partial charge in [0.15, 0.2) is 0 Å². The molecule has 2 rings (SSSR count). The lowest BCUT2D eigenvalue weighted by Gasteiger charge is -2.27. The van der Waals surface area contributed by atoms with Gasteiger partial charge in [-0.15, -0.1) is 0 Å². The SMILES string of the molecule is N#Cc1ccc([C@@H]2CCCC[C@H]2C#N)cc1C(F)(F)F. The fourth-order valence-corrected chi connectivity index (χ4v) is 2.81. The average molecular weight is 278 g/mol. The summed E-state index contributed by atoms with van der Waals surface area (Å²) in [6, 6.07) is 7.57. The molecule has 0 heterocycles. The van der Waals surface area contributed by atoms with Crippen LogP contribution in [0, 0.1) is 28.6 Å². The maximum atomic E-state index is 12.9. The predicted octanol–water partition coefficient (Wildman–Crippen LogP) is 4.37. The Morgan fingerprint density at radius 1 is 1.10 bits per heavy atom. The van der Waals surface area contributed by atoms with Crippen molar-refractivity contribution >= 4 is 0 Å². The molecule has 0 saturated heterocycles. The van der Waals surface area contributed by atoms with Gasteiger partial charge in [0.1, 0.15) is 0 Å². The molecule has 0 unspecified atom stereocenters. The van der Waals surface area contributed by atoms with Crippen LogP contribution in [0.5, 0.6) is 0 Å². The van der Waals surface area contributed by atoms with Gasteiger partial charge in [-0.2, -0.15) is 23.7 Å². The zero-order chi connectivity index (χ0) is 14.8. The fourth-order valence-electron chi connectivity index (χ4n) is 2.81. The lowest BCUT2D eigenvalue weighted by atomic mass is 9.76. The number of hydrogen-bond acceptors (Lipinski definition) is 2. The lowest BCUT2D eigenvalue weighted by Crippen LogP contribution is -2.17. The molecular formula is C15H13F3N2. The first kappa shape index (κ1) is 14.4. The second kappa shape index (κ2) is 5.54. The van der Waals surface area contributed by atoms with Crippen molar-refractivity contribution in [2.75, 3.05) is 0 Å². The summed E-state index contributed by atoms with van der Waals surface area (Å²) in [4.78, 5) is 0. The highest BCUT2D eigenvalue weighted by molar-refractivity contribution is 5.43. The Kier molecular flexibility index (Phi) is 3.99. The van der Waals surface area contributed by atoms with Crippen LogP contribution in [0.25, 0.3) is 0 Å². The molecule has 1 saturated carbocycles. The van der Waals surface area contributed by atoms with E-state index < -0.39 is 11.7 Å². The Labute approximate surface area is 115 Å². The molecule has 20 heavy (non-hydrogen) atoms. The van der Waals surface area contributed by atoms with Crippen LogP contribution in [0.1, 0.15) is 48.3 Å². The molecule has 0 aliphatic heterocycles. The first-order valence-corrected chi connectivity index (χ1v) is 6.48. The van der Waals surface area contributed by atoms with E-state index >= 15 is 0 Å². The van der Waals surface area contributed by atoms with E-state index in [-0.39, 0.29) is 17.4 Å². The highest BCUT2D eigenvalue weighted by Crippen LogP contribution is 2.40. The molecule has 2 nitrogen and oxygen atoms in total. The normalized spacial score (nSPS) is 22.9. The van der Waals surface area contributed by atoms with Gasteiger partial charge in [-0.25, -0.2) is 0 Å². The predicted molar refractivity (Wildman–Crippen MR) is 66.5 cm³/mol. The van der Waals surface area contributed by atoms with E-state index in [0.29, 0.717) is 5.56 Å². The van der Waals surface area contributed by atoms with E-state index in [1.807, 2.05) is 0 Å². The van der Waals surface area contributed by atoms with Crippen molar-refractivity contribution in [3.05, 3.63) is 34.9 Å². The molecule has 1 aromatic carbocycles. The second-order valence-corrected chi connectivity index (χ2v) is 5.04. The Morgan fingerprint density at radius 2 is 1.80 bits per heavy atom. The number of nitrogens with zero attached hydrogens (tertiary/aromatic N) is 2. The van der Waals surface area contributed by atoms with Gasteiger partial charge >= 0.3 is 6.18 Å². The quantitative estimate of drug-likeness (QED) is 0.765. The molecule has 1 aromatic rings. The lowest BCUT2D eigenvalue weighted by molar-refractivity contribution is -0.137. The zero-order valence-electron chi connectivity index (χ0n) is 10.7. The van der Waals surface area contributed by atoms with Crippen molar-refractivity contribution in [2.45, 2.75) is 37.8 Å². The highest BCUT2D eigenvalue weighted by atomic mass is 19.4. The summed E-state index contributed by atoms with van der Waals surface area (Å²) in [5.74, 6) is -0.402. The van der Waals surface area contributed by atoms with Gasteiger partial charge in [0, 0.05) is 0 Å². The second-order valence-electron chi connectivity index (χ2n) is 5.04. The number of nitriles is 2. The van der Waals surface area contributed by atoms with Crippen LogP contribution in [0.2, 0.25) is 0 Å². The Morgan fingerprint density at radius 3 is 2.40 bits per heavy atom. The fraction of sp³-hybridized carbons (Fsp3) is 0.467. The van der Waals surface area contributed by atoms with Crippen molar-refractivity contribution in [1.29, 1.82) is 10.5 Å². The van der Waals surface area contributed by atoms with Crippen molar-refractivity contribution in [3.8, 4) is 12.1 Å². The van der Waals surface area contributed by atoms with Gasteiger partial charge in [-0.1, -0.05) is 18.9 Å². The molecule has 0 amide bonds. The first-order chi connectivity index (χ1) is 9.47. The third-order valence-corrected chi connectivity index (χ3v) is 3.83. The van der Waals surface area contributed by atoms with E-state index in [9.17, 15) is 13.2 Å². The van der Waals surface area contributed by atoms with Crippen molar-refractivity contribution in [2.24, 2.45) is 5.92 Å². The van der Waals surface area contributed by atoms with Crippen LogP contribution in [0.15, 0.2) is 18.2 Å². The minimum atomic E-state index is -4.54. The topological polar surface area (TPSA) is 47.6 Å². The molecule has 5 heteroatoms. The summed E-state index contributed by atoms with van der Waals surface area (Å²) in [5.41, 5.74) is -0.757. The third kappa shape index (κ3) is 2.77. The number of halogens is 3. The van der Waals surface area contributed by atoms with Crippen molar-refractivity contribution < 1.29 is 13.2 Å². The van der Waals surface area contributed by atoms with E-state index in [0.717, 1.165) is 31.7 Å². The summed E-state index contributed by atoms with van der Waals surface area (Å²) in [7, 11) is 0. The number of alkyl halides is 3. The van der Waals surface area contributed by atoms with Gasteiger partial charge in [-0.05, 0) is 36.5 Å². The van der Waals surface area contributed by atoms with Crippen LogP contribution in [-0.2, 0) is 6.18 Å². The average Bonchev–Trinajstić information content (AvgIpc) is 2.45. The van der Waals surface area contributed by atoms with Crippen LogP contribution in [0.4, 0.5) is 13.2 Å². The molecule has 0 bridgehead atoms. The molecule has 2 atom stereocenters. The Balaban J connectivity index is 2.44. The number of hydrogen-bond donors (Lipinski definition) is 0. The largest absolute Gasteiger partial charge is 0.417 e. The molecule has 0 N–H and O–H groups in total. The smallest absolute Gasteiger partial charge is 0.198 e. The van der Waals surface area contributed by atoms with E-state index in [2.05, 4.69) is 6.07 Å². The summed E-state index contributed by atoms with van der Waals surface area (Å²) in [6.07, 6.45) is -1.23. The van der Waals surface area contributed by atoms with E-state index in [4.69, 9.17) is 10.5 Å². The molecular weight excluding hydrogens is 265 g/mol. The van der Waals surface area contributed by atoms with Gasteiger partial charge in [-0.3, -0.25) is 0 Å². The Hall–Kier alpha value is -2.01. The van der Waals surface area contributed by atoms with Crippen LogP contribution in [0.3, 0.4) is 0 Å². The minimum absolute atomic E-state index is 0.164. The van der Waals surface area contributed by atoms with Gasteiger partial charge < -0.3 is 0 Å². The standard InChI is InChI=1S/C15H13F3N2/c16-15(17,18)14-7-10(5-6-12(14)9-20)13-4-2-1-3-11(13)8-19/h5-7,11,13H,1-4H2/t11-,13-/m0/s1. The van der Waals surface area contributed by atoms with Crippen LogP contribution in [-0.4, -0.2) is 0 Å². The van der Waals surface area contributed by atoms with Crippen LogP contribution >= 0.6 is 0 Å². The third-order valence-electron chi connectivity index (χ3n) is 3.83. The molecule has 1 fully saturated rings. The molecule has 0 radical (unpaired) electrons. The molecule has 0 spiro atoms. The monoisotopic (exact) mass is 278 g/mol. The summed E-state index contributed by atoms with van der Waals surface area (Å²) >= 11 is 0. The Bertz CT molecular complexity index is 578. The minimum Gasteiger partial charge on any atom is -0.198 e. The summed E-state index contributed by atoms with van der Waals surface area (Å²) in [5, 5.41) is 17.9. The van der Waals surface area contributed by atoms with Crippen LogP contribution < -0.4 is 0 Å². The number of rotatable bonds is 1. The van der Waals surface area contributed by atoms with Crippen molar-refractivity contribution in [3.63, 3.8) is 0 Å². The first-order valence-electron chi connectivity index (χ1n) is 6.48. The van der Waals surface area contributed by atoms with E-state index in [1.165, 1.54) is 6.07 Å². The van der Waals surface area contributed by atoms with E-state index in [1.54, 1.807) is 12.1 Å².